The predicted molar refractivity (Wildman–Crippen MR) is 124 cm³/mol. The number of aryl methyl sites for hydroxylation is 1. The molecular formula is C24H21N5O4. The highest BCUT2D eigenvalue weighted by Gasteiger charge is 2.22. The van der Waals surface area contributed by atoms with Crippen LogP contribution in [0.3, 0.4) is 0 Å². The number of pyridine rings is 1. The van der Waals surface area contributed by atoms with Crippen LogP contribution >= 0.6 is 0 Å². The Kier molecular flexibility index (Phi) is 5.21. The van der Waals surface area contributed by atoms with E-state index in [1.54, 1.807) is 29.0 Å². The standard InChI is InChI=1S/C24H21N5O4/c1-15-10-17(27-24-20-11-18(29(31)32)5-6-21(20)25-14-26-24)4-7-22(15)33-19-8-9-28(23(30)12-19)13-16-2-3-16/h4-12,14,16H,2-3,13H2,1H3,(H,25,26,27). The third kappa shape index (κ3) is 4.52. The summed E-state index contributed by atoms with van der Waals surface area (Å²) in [5, 5.41) is 14.9. The van der Waals surface area contributed by atoms with Gasteiger partial charge >= 0.3 is 0 Å². The van der Waals surface area contributed by atoms with Gasteiger partial charge in [0.15, 0.2) is 0 Å². The molecule has 2 aromatic heterocycles. The largest absolute Gasteiger partial charge is 0.457 e. The summed E-state index contributed by atoms with van der Waals surface area (Å²) >= 11 is 0. The molecule has 2 heterocycles. The van der Waals surface area contributed by atoms with Gasteiger partial charge in [0.25, 0.3) is 11.2 Å². The van der Waals surface area contributed by atoms with E-state index in [1.807, 2.05) is 19.1 Å². The number of hydrogen-bond acceptors (Lipinski definition) is 7. The fraction of sp³-hybridized carbons (Fsp3) is 0.208. The Balaban J connectivity index is 1.36. The molecule has 1 fully saturated rings. The van der Waals surface area contributed by atoms with Crippen molar-refractivity contribution >= 4 is 28.1 Å². The van der Waals surface area contributed by atoms with Crippen LogP contribution in [0.15, 0.2) is 65.8 Å². The second-order valence-corrected chi connectivity index (χ2v) is 8.18. The molecular weight excluding hydrogens is 422 g/mol. The van der Waals surface area contributed by atoms with Crippen molar-refractivity contribution in [1.82, 2.24) is 14.5 Å². The molecule has 2 aromatic carbocycles. The summed E-state index contributed by atoms with van der Waals surface area (Å²) in [7, 11) is 0. The summed E-state index contributed by atoms with van der Waals surface area (Å²) in [6.07, 6.45) is 5.56. The molecule has 1 saturated carbocycles. The number of ether oxygens (including phenoxy) is 1. The van der Waals surface area contributed by atoms with E-state index in [1.165, 1.54) is 37.4 Å². The van der Waals surface area contributed by atoms with Gasteiger partial charge in [-0.1, -0.05) is 0 Å². The van der Waals surface area contributed by atoms with Crippen LogP contribution in [0.4, 0.5) is 17.2 Å². The Morgan fingerprint density at radius 1 is 1.15 bits per heavy atom. The SMILES string of the molecule is Cc1cc(Nc2ncnc3ccc([N+](=O)[O-])cc23)ccc1Oc1ccn(CC2CC2)c(=O)c1. The van der Waals surface area contributed by atoms with Gasteiger partial charge < -0.3 is 14.6 Å². The van der Waals surface area contributed by atoms with E-state index in [9.17, 15) is 14.9 Å². The number of fused-ring (bicyclic) bond motifs is 1. The first-order valence-electron chi connectivity index (χ1n) is 10.6. The molecule has 1 N–H and O–H groups in total. The molecule has 0 amide bonds. The number of hydrogen-bond donors (Lipinski definition) is 1. The average molecular weight is 443 g/mol. The zero-order chi connectivity index (χ0) is 22.9. The molecule has 1 aliphatic rings. The molecule has 0 atom stereocenters. The average Bonchev–Trinajstić information content (AvgIpc) is 3.61. The summed E-state index contributed by atoms with van der Waals surface area (Å²) in [4.78, 5) is 31.5. The van der Waals surface area contributed by atoms with E-state index in [0.717, 1.165) is 17.8 Å². The molecule has 33 heavy (non-hydrogen) atoms. The van der Waals surface area contributed by atoms with Crippen molar-refractivity contribution in [3.8, 4) is 11.5 Å². The van der Waals surface area contributed by atoms with Crippen LogP contribution in [0, 0.1) is 23.0 Å². The van der Waals surface area contributed by atoms with Gasteiger partial charge in [-0.15, -0.1) is 0 Å². The number of rotatable bonds is 7. The number of aromatic nitrogens is 3. The molecule has 9 nitrogen and oxygen atoms in total. The maximum atomic E-state index is 12.3. The van der Waals surface area contributed by atoms with E-state index in [2.05, 4.69) is 15.3 Å². The van der Waals surface area contributed by atoms with Gasteiger partial charge in [-0.2, -0.15) is 0 Å². The van der Waals surface area contributed by atoms with Crippen molar-refractivity contribution in [2.24, 2.45) is 5.92 Å². The molecule has 166 valence electrons. The van der Waals surface area contributed by atoms with Crippen LogP contribution in [-0.4, -0.2) is 19.5 Å². The lowest BCUT2D eigenvalue weighted by Gasteiger charge is -2.13. The maximum absolute atomic E-state index is 12.3. The minimum Gasteiger partial charge on any atom is -0.457 e. The Bertz CT molecular complexity index is 1430. The van der Waals surface area contributed by atoms with Crippen LogP contribution in [0.1, 0.15) is 18.4 Å². The number of nitrogens with one attached hydrogen (secondary N) is 1. The second-order valence-electron chi connectivity index (χ2n) is 8.18. The van der Waals surface area contributed by atoms with Gasteiger partial charge in [0.05, 0.1) is 10.4 Å². The predicted octanol–water partition coefficient (Wildman–Crippen LogP) is 4.95. The third-order valence-electron chi connectivity index (χ3n) is 5.61. The number of benzene rings is 2. The molecule has 0 spiro atoms. The van der Waals surface area contributed by atoms with Crippen molar-refractivity contribution < 1.29 is 9.66 Å². The van der Waals surface area contributed by atoms with Gasteiger partial charge in [-0.3, -0.25) is 14.9 Å². The fourth-order valence-corrected chi connectivity index (χ4v) is 3.65. The number of anilines is 2. The lowest BCUT2D eigenvalue weighted by atomic mass is 10.1. The zero-order valence-corrected chi connectivity index (χ0v) is 17.9. The lowest BCUT2D eigenvalue weighted by Crippen LogP contribution is -2.19. The first-order valence-corrected chi connectivity index (χ1v) is 10.6. The van der Waals surface area contributed by atoms with Crippen molar-refractivity contribution in [2.45, 2.75) is 26.3 Å². The quantitative estimate of drug-likeness (QED) is 0.317. The van der Waals surface area contributed by atoms with Gasteiger partial charge in [-0.25, -0.2) is 9.97 Å². The highest BCUT2D eigenvalue weighted by molar-refractivity contribution is 5.92. The summed E-state index contributed by atoms with van der Waals surface area (Å²) in [5.74, 6) is 2.21. The lowest BCUT2D eigenvalue weighted by molar-refractivity contribution is -0.384. The molecule has 0 unspecified atom stereocenters. The van der Waals surface area contributed by atoms with Crippen LogP contribution in [0.25, 0.3) is 10.9 Å². The normalized spacial score (nSPS) is 13.1. The zero-order valence-electron chi connectivity index (χ0n) is 17.9. The second kappa shape index (κ2) is 8.34. The molecule has 4 aromatic rings. The summed E-state index contributed by atoms with van der Waals surface area (Å²) in [5.41, 5.74) is 2.10. The molecule has 9 heteroatoms. The smallest absolute Gasteiger partial charge is 0.270 e. The maximum Gasteiger partial charge on any atom is 0.270 e. The number of nitro groups is 1. The summed E-state index contributed by atoms with van der Waals surface area (Å²) < 4.78 is 7.66. The fourth-order valence-electron chi connectivity index (χ4n) is 3.65. The van der Waals surface area contributed by atoms with E-state index in [-0.39, 0.29) is 11.2 Å². The topological polar surface area (TPSA) is 112 Å². The minimum atomic E-state index is -0.448. The molecule has 1 aliphatic carbocycles. The van der Waals surface area contributed by atoms with Crippen LogP contribution in [0.2, 0.25) is 0 Å². The summed E-state index contributed by atoms with van der Waals surface area (Å²) in [6.45, 7) is 2.66. The van der Waals surface area contributed by atoms with Crippen LogP contribution in [0.5, 0.6) is 11.5 Å². The van der Waals surface area contributed by atoms with Gasteiger partial charge in [0.2, 0.25) is 0 Å². The van der Waals surface area contributed by atoms with Gasteiger partial charge in [0.1, 0.15) is 23.6 Å². The Morgan fingerprint density at radius 2 is 2.00 bits per heavy atom. The highest BCUT2D eigenvalue weighted by Crippen LogP contribution is 2.32. The Morgan fingerprint density at radius 3 is 2.73 bits per heavy atom. The van der Waals surface area contributed by atoms with Gasteiger partial charge in [0, 0.05) is 42.0 Å². The first kappa shape index (κ1) is 20.6. The number of nitro benzene ring substituents is 1. The Hall–Kier alpha value is -4.27. The third-order valence-corrected chi connectivity index (χ3v) is 5.61. The minimum absolute atomic E-state index is 0.0284. The molecule has 0 bridgehead atoms. The van der Waals surface area contributed by atoms with Crippen molar-refractivity contribution in [1.29, 1.82) is 0 Å². The van der Waals surface area contributed by atoms with E-state index >= 15 is 0 Å². The van der Waals surface area contributed by atoms with E-state index in [0.29, 0.717) is 34.1 Å². The molecule has 0 saturated heterocycles. The van der Waals surface area contributed by atoms with Crippen LogP contribution < -0.4 is 15.6 Å². The first-order chi connectivity index (χ1) is 16.0. The molecule has 0 aliphatic heterocycles. The number of non-ortho nitro benzene ring substituents is 1. The Labute approximate surface area is 188 Å². The van der Waals surface area contributed by atoms with Crippen molar-refractivity contribution in [3.05, 3.63) is 87.1 Å². The highest BCUT2D eigenvalue weighted by atomic mass is 16.6. The van der Waals surface area contributed by atoms with Gasteiger partial charge in [-0.05, 0) is 61.6 Å². The number of nitrogens with zero attached hydrogens (tertiary/aromatic N) is 4. The van der Waals surface area contributed by atoms with Crippen LogP contribution in [-0.2, 0) is 6.54 Å². The van der Waals surface area contributed by atoms with E-state index in [4.69, 9.17) is 4.74 Å². The molecule has 0 radical (unpaired) electrons. The summed E-state index contributed by atoms with van der Waals surface area (Å²) in [6, 6.07) is 13.3. The monoisotopic (exact) mass is 443 g/mol. The van der Waals surface area contributed by atoms with E-state index < -0.39 is 4.92 Å². The van der Waals surface area contributed by atoms with Crippen molar-refractivity contribution in [2.75, 3.05) is 5.32 Å². The molecule has 5 rings (SSSR count). The van der Waals surface area contributed by atoms with Crippen molar-refractivity contribution in [3.63, 3.8) is 0 Å².